The van der Waals surface area contributed by atoms with E-state index >= 15 is 0 Å². The first-order valence-electron chi connectivity index (χ1n) is 5.83. The Bertz CT molecular complexity index is 433. The molecule has 0 aromatic heterocycles. The second kappa shape index (κ2) is 7.35. The van der Waals surface area contributed by atoms with E-state index in [9.17, 15) is 14.0 Å². The first-order chi connectivity index (χ1) is 8.99. The van der Waals surface area contributed by atoms with E-state index in [0.717, 1.165) is 0 Å². The molecule has 6 heteroatoms. The molecule has 0 aliphatic heterocycles. The number of aliphatic carboxylic acids is 1. The fourth-order valence-corrected chi connectivity index (χ4v) is 1.37. The summed E-state index contributed by atoms with van der Waals surface area (Å²) in [5.41, 5.74) is 0. The fourth-order valence-electron chi connectivity index (χ4n) is 1.37. The predicted molar refractivity (Wildman–Crippen MR) is 66.4 cm³/mol. The van der Waals surface area contributed by atoms with Gasteiger partial charge in [-0.1, -0.05) is 0 Å². The topological polar surface area (TPSA) is 66.8 Å². The average Bonchev–Trinajstić information content (AvgIpc) is 2.38. The highest BCUT2D eigenvalue weighted by molar-refractivity contribution is 5.76. The molecule has 0 aliphatic rings. The maximum absolute atomic E-state index is 12.6. The average molecular weight is 269 g/mol. The van der Waals surface area contributed by atoms with E-state index < -0.39 is 5.97 Å². The highest BCUT2D eigenvalue weighted by Gasteiger charge is 2.10. The van der Waals surface area contributed by atoms with Gasteiger partial charge in [-0.05, 0) is 24.3 Å². The first-order valence-corrected chi connectivity index (χ1v) is 5.83. The summed E-state index contributed by atoms with van der Waals surface area (Å²) in [7, 11) is 1.54. The summed E-state index contributed by atoms with van der Waals surface area (Å²) in [5, 5.41) is 8.50. The van der Waals surface area contributed by atoms with Gasteiger partial charge < -0.3 is 14.7 Å². The SMILES string of the molecule is CN(CCC(=O)O)C(=O)CCOc1ccc(F)cc1. The molecule has 0 heterocycles. The number of carboxylic acid groups (broad SMARTS) is 1. The summed E-state index contributed by atoms with van der Waals surface area (Å²) in [6.07, 6.45) is 0.0640. The third kappa shape index (κ3) is 5.85. The number of ether oxygens (including phenoxy) is 1. The quantitative estimate of drug-likeness (QED) is 0.815. The van der Waals surface area contributed by atoms with Gasteiger partial charge in [0, 0.05) is 13.6 Å². The fraction of sp³-hybridized carbons (Fsp3) is 0.385. The Morgan fingerprint density at radius 3 is 2.47 bits per heavy atom. The molecule has 1 rings (SSSR count). The van der Waals surface area contributed by atoms with Crippen LogP contribution in [0.15, 0.2) is 24.3 Å². The lowest BCUT2D eigenvalue weighted by molar-refractivity contribution is -0.138. The van der Waals surface area contributed by atoms with Gasteiger partial charge in [0.1, 0.15) is 11.6 Å². The van der Waals surface area contributed by atoms with Crippen molar-refractivity contribution in [3.63, 3.8) is 0 Å². The van der Waals surface area contributed by atoms with Crippen LogP contribution in [0.2, 0.25) is 0 Å². The number of hydrogen-bond acceptors (Lipinski definition) is 3. The van der Waals surface area contributed by atoms with Gasteiger partial charge in [-0.2, -0.15) is 0 Å². The molecule has 1 amide bonds. The molecular formula is C13H16FNO4. The van der Waals surface area contributed by atoms with E-state index in [-0.39, 0.29) is 37.7 Å². The molecule has 0 atom stereocenters. The van der Waals surface area contributed by atoms with Gasteiger partial charge in [0.05, 0.1) is 19.4 Å². The molecule has 0 aliphatic carbocycles. The summed E-state index contributed by atoms with van der Waals surface area (Å²) < 4.78 is 17.9. The predicted octanol–water partition coefficient (Wildman–Crippen LogP) is 1.53. The number of halogens is 1. The lowest BCUT2D eigenvalue weighted by Gasteiger charge is -2.16. The molecule has 0 spiro atoms. The Morgan fingerprint density at radius 1 is 1.26 bits per heavy atom. The molecule has 1 N–H and O–H groups in total. The first kappa shape index (κ1) is 14.9. The maximum Gasteiger partial charge on any atom is 0.305 e. The Kier molecular flexibility index (Phi) is 5.78. The largest absolute Gasteiger partial charge is 0.493 e. The van der Waals surface area contributed by atoms with Crippen molar-refractivity contribution in [3.05, 3.63) is 30.1 Å². The van der Waals surface area contributed by atoms with Crippen LogP contribution in [0.25, 0.3) is 0 Å². The molecule has 19 heavy (non-hydrogen) atoms. The van der Waals surface area contributed by atoms with Crippen molar-refractivity contribution in [1.82, 2.24) is 4.90 Å². The number of hydrogen-bond donors (Lipinski definition) is 1. The second-order valence-electron chi connectivity index (χ2n) is 4.01. The standard InChI is InChI=1S/C13H16FNO4/c1-15(8-6-13(17)18)12(16)7-9-19-11-4-2-10(14)3-5-11/h2-5H,6-9H2,1H3,(H,17,18). The van der Waals surface area contributed by atoms with E-state index in [4.69, 9.17) is 9.84 Å². The Balaban J connectivity index is 2.26. The van der Waals surface area contributed by atoms with Crippen LogP contribution >= 0.6 is 0 Å². The Morgan fingerprint density at radius 2 is 1.89 bits per heavy atom. The summed E-state index contributed by atoms with van der Waals surface area (Å²) in [6.45, 7) is 0.340. The van der Waals surface area contributed by atoms with Crippen molar-refractivity contribution >= 4 is 11.9 Å². The molecule has 0 radical (unpaired) electrons. The maximum atomic E-state index is 12.6. The van der Waals surface area contributed by atoms with Crippen LogP contribution in [0.1, 0.15) is 12.8 Å². The number of rotatable bonds is 7. The van der Waals surface area contributed by atoms with Crippen LogP contribution in [0.5, 0.6) is 5.75 Å². The molecule has 0 bridgehead atoms. The van der Waals surface area contributed by atoms with E-state index in [1.165, 1.54) is 29.2 Å². The van der Waals surface area contributed by atoms with Gasteiger partial charge in [0.25, 0.3) is 0 Å². The van der Waals surface area contributed by atoms with Crippen LogP contribution in [-0.2, 0) is 9.59 Å². The highest BCUT2D eigenvalue weighted by Crippen LogP contribution is 2.11. The molecule has 0 saturated heterocycles. The molecule has 5 nitrogen and oxygen atoms in total. The number of carboxylic acids is 1. The van der Waals surface area contributed by atoms with Gasteiger partial charge in [-0.3, -0.25) is 9.59 Å². The van der Waals surface area contributed by atoms with Crippen LogP contribution < -0.4 is 4.74 Å². The minimum atomic E-state index is -0.942. The molecule has 104 valence electrons. The van der Waals surface area contributed by atoms with Crippen molar-refractivity contribution in [1.29, 1.82) is 0 Å². The zero-order valence-corrected chi connectivity index (χ0v) is 10.6. The lowest BCUT2D eigenvalue weighted by atomic mass is 10.3. The Labute approximate surface area is 110 Å². The summed E-state index contributed by atoms with van der Waals surface area (Å²) in [4.78, 5) is 23.3. The zero-order chi connectivity index (χ0) is 14.3. The molecule has 1 aromatic rings. The van der Waals surface area contributed by atoms with Gasteiger partial charge in [0.2, 0.25) is 5.91 Å². The van der Waals surface area contributed by atoms with E-state index in [0.29, 0.717) is 5.75 Å². The molecule has 1 aromatic carbocycles. The van der Waals surface area contributed by atoms with Crippen LogP contribution in [0.4, 0.5) is 4.39 Å². The summed E-state index contributed by atoms with van der Waals surface area (Å²) >= 11 is 0. The van der Waals surface area contributed by atoms with Crippen molar-refractivity contribution < 1.29 is 23.8 Å². The van der Waals surface area contributed by atoms with Crippen LogP contribution in [0, 0.1) is 5.82 Å². The normalized spacial score (nSPS) is 10.0. The number of carbonyl (C=O) groups excluding carboxylic acids is 1. The minimum absolute atomic E-state index is 0.0823. The van der Waals surface area contributed by atoms with Crippen LogP contribution in [-0.4, -0.2) is 42.1 Å². The van der Waals surface area contributed by atoms with Gasteiger partial charge in [-0.25, -0.2) is 4.39 Å². The van der Waals surface area contributed by atoms with E-state index in [1.807, 2.05) is 0 Å². The third-order valence-electron chi connectivity index (χ3n) is 2.49. The van der Waals surface area contributed by atoms with Crippen molar-refractivity contribution in [2.75, 3.05) is 20.2 Å². The van der Waals surface area contributed by atoms with Crippen molar-refractivity contribution in [3.8, 4) is 5.75 Å². The van der Waals surface area contributed by atoms with Gasteiger partial charge >= 0.3 is 5.97 Å². The highest BCUT2D eigenvalue weighted by atomic mass is 19.1. The molecule has 0 saturated carbocycles. The van der Waals surface area contributed by atoms with Crippen LogP contribution in [0.3, 0.4) is 0 Å². The number of benzene rings is 1. The van der Waals surface area contributed by atoms with E-state index in [1.54, 1.807) is 7.05 Å². The number of nitrogens with zero attached hydrogens (tertiary/aromatic N) is 1. The summed E-state index contributed by atoms with van der Waals surface area (Å²) in [5.74, 6) is -0.996. The second-order valence-corrected chi connectivity index (χ2v) is 4.01. The molecule has 0 fully saturated rings. The smallest absolute Gasteiger partial charge is 0.305 e. The number of amides is 1. The monoisotopic (exact) mass is 269 g/mol. The lowest BCUT2D eigenvalue weighted by Crippen LogP contribution is -2.30. The van der Waals surface area contributed by atoms with Crippen molar-refractivity contribution in [2.24, 2.45) is 0 Å². The van der Waals surface area contributed by atoms with Gasteiger partial charge in [0.15, 0.2) is 0 Å². The van der Waals surface area contributed by atoms with E-state index in [2.05, 4.69) is 0 Å². The van der Waals surface area contributed by atoms with Gasteiger partial charge in [-0.15, -0.1) is 0 Å². The Hall–Kier alpha value is -2.11. The third-order valence-corrected chi connectivity index (χ3v) is 2.49. The molecule has 0 unspecified atom stereocenters. The van der Waals surface area contributed by atoms with Crippen molar-refractivity contribution in [2.45, 2.75) is 12.8 Å². The number of carbonyl (C=O) groups is 2. The minimum Gasteiger partial charge on any atom is -0.493 e. The zero-order valence-electron chi connectivity index (χ0n) is 10.6. The molecular weight excluding hydrogens is 253 g/mol. The summed E-state index contributed by atoms with van der Waals surface area (Å²) in [6, 6.07) is 5.51.